The number of anilines is 2. The molecule has 0 aliphatic carbocycles. The Bertz CT molecular complexity index is 774. The van der Waals surface area contributed by atoms with Crippen molar-refractivity contribution in [3.63, 3.8) is 0 Å². The molecule has 0 amide bonds. The molecule has 8 heteroatoms. The van der Waals surface area contributed by atoms with E-state index in [1.807, 2.05) is 0 Å². The first-order chi connectivity index (χ1) is 9.91. The van der Waals surface area contributed by atoms with E-state index in [1.165, 1.54) is 31.5 Å². The summed E-state index contributed by atoms with van der Waals surface area (Å²) in [5.41, 5.74) is 0.817. The fourth-order valence-electron chi connectivity index (χ4n) is 1.69. The number of primary sulfonamides is 1. The Hall–Kier alpha value is -2.45. The number of esters is 1. The first kappa shape index (κ1) is 14.9. The van der Waals surface area contributed by atoms with Crippen molar-refractivity contribution in [2.45, 2.75) is 4.90 Å². The second-order valence-electron chi connectivity index (χ2n) is 4.09. The lowest BCUT2D eigenvalue weighted by Gasteiger charge is -2.10. The second-order valence-corrected chi connectivity index (χ2v) is 5.62. The average molecular weight is 307 g/mol. The number of nitrogens with two attached hydrogens (primary N) is 1. The minimum absolute atomic E-state index is 0.0852. The van der Waals surface area contributed by atoms with Crippen LogP contribution in [0.25, 0.3) is 0 Å². The number of methoxy groups -OCH3 is 1. The molecule has 0 unspecified atom stereocenters. The summed E-state index contributed by atoms with van der Waals surface area (Å²) >= 11 is 0. The largest absolute Gasteiger partial charge is 0.465 e. The van der Waals surface area contributed by atoms with Crippen molar-refractivity contribution in [1.29, 1.82) is 0 Å². The highest BCUT2D eigenvalue weighted by atomic mass is 32.2. The SMILES string of the molecule is COC(=O)c1cccc(Nc2ncccc2S(N)(=O)=O)c1. The lowest BCUT2D eigenvalue weighted by molar-refractivity contribution is 0.0601. The maximum absolute atomic E-state index is 11.5. The van der Waals surface area contributed by atoms with Gasteiger partial charge in [-0.05, 0) is 30.3 Å². The van der Waals surface area contributed by atoms with Crippen LogP contribution in [0.2, 0.25) is 0 Å². The van der Waals surface area contributed by atoms with Crippen LogP contribution < -0.4 is 10.5 Å². The number of carbonyl (C=O) groups excluding carboxylic acids is 1. The van der Waals surface area contributed by atoms with Gasteiger partial charge in [0.1, 0.15) is 4.90 Å². The zero-order valence-electron chi connectivity index (χ0n) is 11.1. The number of sulfonamides is 1. The van der Waals surface area contributed by atoms with Gasteiger partial charge in [-0.3, -0.25) is 0 Å². The van der Waals surface area contributed by atoms with E-state index in [0.717, 1.165) is 0 Å². The fraction of sp³-hybridized carbons (Fsp3) is 0.0769. The van der Waals surface area contributed by atoms with Crippen molar-refractivity contribution in [3.8, 4) is 0 Å². The van der Waals surface area contributed by atoms with Gasteiger partial charge in [0.2, 0.25) is 10.0 Å². The predicted molar refractivity (Wildman–Crippen MR) is 76.7 cm³/mol. The first-order valence-electron chi connectivity index (χ1n) is 5.85. The molecule has 0 aliphatic rings. The van der Waals surface area contributed by atoms with Crippen LogP contribution in [0.15, 0.2) is 47.5 Å². The van der Waals surface area contributed by atoms with E-state index < -0.39 is 16.0 Å². The number of nitrogens with zero attached hydrogens (tertiary/aromatic N) is 1. The summed E-state index contributed by atoms with van der Waals surface area (Å²) in [7, 11) is -2.62. The molecule has 0 saturated heterocycles. The number of aromatic nitrogens is 1. The van der Waals surface area contributed by atoms with Crippen LogP contribution in [-0.4, -0.2) is 26.5 Å². The molecule has 0 aliphatic heterocycles. The van der Waals surface area contributed by atoms with E-state index in [0.29, 0.717) is 11.3 Å². The molecular formula is C13H13N3O4S. The third kappa shape index (κ3) is 3.56. The minimum Gasteiger partial charge on any atom is -0.465 e. The minimum atomic E-state index is -3.90. The lowest BCUT2D eigenvalue weighted by atomic mass is 10.2. The zero-order valence-corrected chi connectivity index (χ0v) is 11.9. The van der Waals surface area contributed by atoms with Crippen LogP contribution in [0.1, 0.15) is 10.4 Å². The third-order valence-corrected chi connectivity index (χ3v) is 3.57. The van der Waals surface area contributed by atoms with Gasteiger partial charge in [-0.1, -0.05) is 6.07 Å². The number of carbonyl (C=O) groups is 1. The molecule has 0 fully saturated rings. The van der Waals surface area contributed by atoms with Gasteiger partial charge in [-0.15, -0.1) is 0 Å². The second kappa shape index (κ2) is 5.90. The molecular weight excluding hydrogens is 294 g/mol. The molecule has 1 heterocycles. The summed E-state index contributed by atoms with van der Waals surface area (Å²) in [5, 5.41) is 7.95. The van der Waals surface area contributed by atoms with Crippen molar-refractivity contribution in [3.05, 3.63) is 48.2 Å². The van der Waals surface area contributed by atoms with Gasteiger partial charge in [0.15, 0.2) is 5.82 Å². The van der Waals surface area contributed by atoms with Crippen LogP contribution in [0.3, 0.4) is 0 Å². The number of ether oxygens (including phenoxy) is 1. The van der Waals surface area contributed by atoms with Gasteiger partial charge in [-0.25, -0.2) is 23.3 Å². The average Bonchev–Trinajstić information content (AvgIpc) is 2.46. The molecule has 0 atom stereocenters. The molecule has 1 aromatic carbocycles. The Balaban J connectivity index is 2.38. The van der Waals surface area contributed by atoms with E-state index in [4.69, 9.17) is 5.14 Å². The summed E-state index contributed by atoms with van der Waals surface area (Å²) in [6, 6.07) is 9.20. The smallest absolute Gasteiger partial charge is 0.337 e. The van der Waals surface area contributed by atoms with Crippen molar-refractivity contribution >= 4 is 27.5 Å². The number of nitrogens with one attached hydrogen (secondary N) is 1. The summed E-state index contributed by atoms with van der Waals surface area (Å²) in [4.78, 5) is 15.3. The van der Waals surface area contributed by atoms with E-state index in [2.05, 4.69) is 15.0 Å². The maximum Gasteiger partial charge on any atom is 0.337 e. The first-order valence-corrected chi connectivity index (χ1v) is 7.39. The Labute approximate surface area is 121 Å². The fourth-order valence-corrected chi connectivity index (χ4v) is 2.33. The summed E-state index contributed by atoms with van der Waals surface area (Å²) in [6.45, 7) is 0. The molecule has 21 heavy (non-hydrogen) atoms. The molecule has 3 N–H and O–H groups in total. The predicted octanol–water partition coefficient (Wildman–Crippen LogP) is 1.26. The van der Waals surface area contributed by atoms with E-state index >= 15 is 0 Å². The topological polar surface area (TPSA) is 111 Å². The third-order valence-electron chi connectivity index (χ3n) is 2.62. The Kier molecular flexibility index (Phi) is 4.20. The summed E-state index contributed by atoms with van der Waals surface area (Å²) < 4.78 is 27.6. The van der Waals surface area contributed by atoms with Gasteiger partial charge >= 0.3 is 5.97 Å². The van der Waals surface area contributed by atoms with Crippen molar-refractivity contribution < 1.29 is 17.9 Å². The molecule has 7 nitrogen and oxygen atoms in total. The van der Waals surface area contributed by atoms with Crippen molar-refractivity contribution in [2.24, 2.45) is 5.14 Å². The van der Waals surface area contributed by atoms with E-state index in [9.17, 15) is 13.2 Å². The van der Waals surface area contributed by atoms with Gasteiger partial charge in [0.25, 0.3) is 0 Å². The zero-order chi connectivity index (χ0) is 15.5. The molecule has 2 rings (SSSR count). The lowest BCUT2D eigenvalue weighted by Crippen LogP contribution is -2.14. The molecule has 110 valence electrons. The molecule has 1 aromatic heterocycles. The number of hydrogen-bond donors (Lipinski definition) is 2. The summed E-state index contributed by atoms with van der Waals surface area (Å²) in [5.74, 6) is -0.409. The van der Waals surface area contributed by atoms with Crippen LogP contribution in [0, 0.1) is 0 Å². The van der Waals surface area contributed by atoms with Gasteiger partial charge < -0.3 is 10.1 Å². The van der Waals surface area contributed by atoms with Crippen LogP contribution >= 0.6 is 0 Å². The Morgan fingerprint density at radius 2 is 2.05 bits per heavy atom. The van der Waals surface area contributed by atoms with Crippen LogP contribution in [0.5, 0.6) is 0 Å². The Morgan fingerprint density at radius 1 is 1.29 bits per heavy atom. The van der Waals surface area contributed by atoms with Gasteiger partial charge in [-0.2, -0.15) is 0 Å². The quantitative estimate of drug-likeness (QED) is 0.822. The normalized spacial score (nSPS) is 11.0. The van der Waals surface area contributed by atoms with Crippen LogP contribution in [-0.2, 0) is 14.8 Å². The van der Waals surface area contributed by atoms with Crippen molar-refractivity contribution in [2.75, 3.05) is 12.4 Å². The molecule has 0 radical (unpaired) electrons. The number of pyridine rings is 1. The van der Waals surface area contributed by atoms with Crippen molar-refractivity contribution in [1.82, 2.24) is 4.98 Å². The molecule has 2 aromatic rings. The number of benzene rings is 1. The number of rotatable bonds is 4. The van der Waals surface area contributed by atoms with E-state index in [-0.39, 0.29) is 10.7 Å². The number of hydrogen-bond acceptors (Lipinski definition) is 6. The summed E-state index contributed by atoms with van der Waals surface area (Å²) in [6.07, 6.45) is 1.43. The monoisotopic (exact) mass is 307 g/mol. The highest BCUT2D eigenvalue weighted by molar-refractivity contribution is 7.89. The van der Waals surface area contributed by atoms with Gasteiger partial charge in [0, 0.05) is 11.9 Å². The highest BCUT2D eigenvalue weighted by Crippen LogP contribution is 2.22. The standard InChI is InChI=1S/C13H13N3O4S/c1-20-13(17)9-4-2-5-10(8-9)16-12-11(21(14,18)19)6-3-7-15-12/h2-8H,1H3,(H,15,16)(H2,14,18,19). The highest BCUT2D eigenvalue weighted by Gasteiger charge is 2.15. The molecule has 0 spiro atoms. The van der Waals surface area contributed by atoms with E-state index in [1.54, 1.807) is 18.2 Å². The molecule has 0 bridgehead atoms. The van der Waals surface area contributed by atoms with Gasteiger partial charge in [0.05, 0.1) is 12.7 Å². The van der Waals surface area contributed by atoms with Crippen LogP contribution in [0.4, 0.5) is 11.5 Å². The Morgan fingerprint density at radius 3 is 2.71 bits per heavy atom. The molecule has 0 saturated carbocycles. The maximum atomic E-state index is 11.5.